The van der Waals surface area contributed by atoms with Crippen LogP contribution in [-0.4, -0.2) is 11.1 Å². The Morgan fingerprint density at radius 3 is 2.33 bits per heavy atom. The molecule has 1 atom stereocenters. The first-order chi connectivity index (χ1) is 7.06. The van der Waals surface area contributed by atoms with Gasteiger partial charge in [-0.1, -0.05) is 29.8 Å². The van der Waals surface area contributed by atoms with Crippen LogP contribution in [0.1, 0.15) is 30.0 Å². The van der Waals surface area contributed by atoms with E-state index in [4.69, 9.17) is 10.8 Å². The molecule has 0 bridgehead atoms. The highest BCUT2D eigenvalue weighted by Crippen LogP contribution is 2.53. The fourth-order valence-electron chi connectivity index (χ4n) is 1.89. The van der Waals surface area contributed by atoms with E-state index >= 15 is 0 Å². The molecule has 0 radical (unpaired) electrons. The number of hydrogen-bond acceptors (Lipinski definition) is 2. The van der Waals surface area contributed by atoms with Gasteiger partial charge in [-0.2, -0.15) is 0 Å². The SMILES string of the molecule is Cc1ccc(C(N)C2(C(=O)O)CC2)cc1. The zero-order valence-electron chi connectivity index (χ0n) is 8.73. The molecule has 3 N–H and O–H groups in total. The molecule has 0 spiro atoms. The Morgan fingerprint density at radius 2 is 1.93 bits per heavy atom. The third-order valence-corrected chi connectivity index (χ3v) is 3.25. The van der Waals surface area contributed by atoms with Gasteiger partial charge in [-0.3, -0.25) is 4.79 Å². The maximum Gasteiger partial charge on any atom is 0.311 e. The average Bonchev–Trinajstić information content (AvgIpc) is 2.98. The maximum absolute atomic E-state index is 11.1. The lowest BCUT2D eigenvalue weighted by molar-refractivity contribution is -0.144. The summed E-state index contributed by atoms with van der Waals surface area (Å²) in [7, 11) is 0. The second-order valence-electron chi connectivity index (χ2n) is 4.35. The Bertz CT molecular complexity index is 379. The number of carboxylic acid groups (broad SMARTS) is 1. The van der Waals surface area contributed by atoms with Crippen molar-refractivity contribution in [2.75, 3.05) is 0 Å². The molecule has 1 aliphatic rings. The molecule has 0 aliphatic heterocycles. The molecule has 80 valence electrons. The molecule has 2 rings (SSSR count). The Balaban J connectivity index is 2.25. The molecule has 3 heteroatoms. The Kier molecular flexibility index (Phi) is 2.27. The zero-order chi connectivity index (χ0) is 11.1. The highest BCUT2D eigenvalue weighted by atomic mass is 16.4. The van der Waals surface area contributed by atoms with E-state index in [1.54, 1.807) is 0 Å². The molecule has 0 saturated heterocycles. The van der Waals surface area contributed by atoms with Crippen molar-refractivity contribution in [3.05, 3.63) is 35.4 Å². The number of carbonyl (C=O) groups is 1. The summed E-state index contributed by atoms with van der Waals surface area (Å²) in [5.74, 6) is -0.768. The molecule has 1 fully saturated rings. The number of benzene rings is 1. The van der Waals surface area contributed by atoms with Gasteiger partial charge >= 0.3 is 5.97 Å². The summed E-state index contributed by atoms with van der Waals surface area (Å²) in [4.78, 5) is 11.1. The van der Waals surface area contributed by atoms with Crippen LogP contribution in [0.5, 0.6) is 0 Å². The smallest absolute Gasteiger partial charge is 0.311 e. The minimum Gasteiger partial charge on any atom is -0.481 e. The highest BCUT2D eigenvalue weighted by molar-refractivity contribution is 5.79. The van der Waals surface area contributed by atoms with E-state index < -0.39 is 11.4 Å². The summed E-state index contributed by atoms with van der Waals surface area (Å²) in [6.07, 6.45) is 1.38. The van der Waals surface area contributed by atoms with Crippen molar-refractivity contribution < 1.29 is 9.90 Å². The summed E-state index contributed by atoms with van der Waals surface area (Å²) in [6.45, 7) is 2.00. The molecule has 1 aromatic carbocycles. The van der Waals surface area contributed by atoms with Crippen LogP contribution in [0.15, 0.2) is 24.3 Å². The van der Waals surface area contributed by atoms with Gasteiger partial charge in [0.25, 0.3) is 0 Å². The third-order valence-electron chi connectivity index (χ3n) is 3.25. The Morgan fingerprint density at radius 1 is 1.40 bits per heavy atom. The lowest BCUT2D eigenvalue weighted by atomic mass is 9.90. The quantitative estimate of drug-likeness (QED) is 0.791. The summed E-state index contributed by atoms with van der Waals surface area (Å²) in [5, 5.41) is 9.11. The molecule has 0 heterocycles. The summed E-state index contributed by atoms with van der Waals surface area (Å²) >= 11 is 0. The lowest BCUT2D eigenvalue weighted by Gasteiger charge is -2.19. The molecule has 15 heavy (non-hydrogen) atoms. The molecule has 3 nitrogen and oxygen atoms in total. The summed E-state index contributed by atoms with van der Waals surface area (Å²) in [5.41, 5.74) is 7.38. The van der Waals surface area contributed by atoms with Gasteiger partial charge in [-0.15, -0.1) is 0 Å². The average molecular weight is 205 g/mol. The van der Waals surface area contributed by atoms with Crippen LogP contribution >= 0.6 is 0 Å². The third kappa shape index (κ3) is 1.63. The van der Waals surface area contributed by atoms with Gasteiger partial charge in [0.15, 0.2) is 0 Å². The van der Waals surface area contributed by atoms with Gasteiger partial charge in [0.2, 0.25) is 0 Å². The molecule has 1 aliphatic carbocycles. The van der Waals surface area contributed by atoms with Crippen LogP contribution in [0.2, 0.25) is 0 Å². The van der Waals surface area contributed by atoms with E-state index in [1.807, 2.05) is 31.2 Å². The number of rotatable bonds is 3. The van der Waals surface area contributed by atoms with Crippen LogP contribution in [0.3, 0.4) is 0 Å². The highest BCUT2D eigenvalue weighted by Gasteiger charge is 2.55. The topological polar surface area (TPSA) is 63.3 Å². The second-order valence-corrected chi connectivity index (χ2v) is 4.35. The number of hydrogen-bond donors (Lipinski definition) is 2. The molecule has 1 saturated carbocycles. The Labute approximate surface area is 88.9 Å². The second kappa shape index (κ2) is 3.35. The van der Waals surface area contributed by atoms with Crippen LogP contribution in [0.4, 0.5) is 0 Å². The molecular weight excluding hydrogens is 190 g/mol. The van der Waals surface area contributed by atoms with Gasteiger partial charge in [0.05, 0.1) is 5.41 Å². The van der Waals surface area contributed by atoms with Gasteiger partial charge in [0.1, 0.15) is 0 Å². The molecule has 1 unspecified atom stereocenters. The minimum absolute atomic E-state index is 0.379. The van der Waals surface area contributed by atoms with Crippen molar-refractivity contribution in [1.29, 1.82) is 0 Å². The number of aryl methyl sites for hydroxylation is 1. The minimum atomic E-state index is -0.768. The van der Waals surface area contributed by atoms with Crippen LogP contribution in [0, 0.1) is 12.3 Å². The van der Waals surface area contributed by atoms with Crippen molar-refractivity contribution >= 4 is 5.97 Å². The van der Waals surface area contributed by atoms with E-state index in [2.05, 4.69) is 0 Å². The Hall–Kier alpha value is -1.35. The van der Waals surface area contributed by atoms with Gasteiger partial charge < -0.3 is 10.8 Å². The van der Waals surface area contributed by atoms with E-state index in [9.17, 15) is 4.79 Å². The fourth-order valence-corrected chi connectivity index (χ4v) is 1.89. The normalized spacial score (nSPS) is 19.6. The molecular formula is C12H15NO2. The number of nitrogens with two attached hydrogens (primary N) is 1. The van der Waals surface area contributed by atoms with Crippen molar-refractivity contribution in [3.63, 3.8) is 0 Å². The zero-order valence-corrected chi connectivity index (χ0v) is 8.73. The maximum atomic E-state index is 11.1. The van der Waals surface area contributed by atoms with Crippen molar-refractivity contribution in [2.24, 2.45) is 11.1 Å². The van der Waals surface area contributed by atoms with Crippen molar-refractivity contribution in [3.8, 4) is 0 Å². The van der Waals surface area contributed by atoms with Crippen molar-refractivity contribution in [2.45, 2.75) is 25.8 Å². The van der Waals surface area contributed by atoms with Gasteiger partial charge in [-0.05, 0) is 25.3 Å². The van der Waals surface area contributed by atoms with Crippen LogP contribution < -0.4 is 5.73 Å². The predicted molar refractivity (Wildman–Crippen MR) is 57.4 cm³/mol. The summed E-state index contributed by atoms with van der Waals surface area (Å²) in [6, 6.07) is 7.39. The van der Waals surface area contributed by atoms with Gasteiger partial charge in [0, 0.05) is 6.04 Å². The van der Waals surface area contributed by atoms with E-state index in [-0.39, 0.29) is 6.04 Å². The molecule has 1 aromatic rings. The standard InChI is InChI=1S/C12H15NO2/c1-8-2-4-9(5-3-8)10(13)12(6-7-12)11(14)15/h2-5,10H,6-7,13H2,1H3,(H,14,15). The molecule has 0 amide bonds. The first-order valence-electron chi connectivity index (χ1n) is 5.12. The monoisotopic (exact) mass is 205 g/mol. The van der Waals surface area contributed by atoms with E-state index in [0.29, 0.717) is 12.8 Å². The van der Waals surface area contributed by atoms with Crippen LogP contribution in [0.25, 0.3) is 0 Å². The van der Waals surface area contributed by atoms with Crippen molar-refractivity contribution in [1.82, 2.24) is 0 Å². The fraction of sp³-hybridized carbons (Fsp3) is 0.417. The number of carboxylic acids is 1. The predicted octanol–water partition coefficient (Wildman–Crippen LogP) is 1.86. The lowest BCUT2D eigenvalue weighted by Crippen LogP contribution is -2.29. The van der Waals surface area contributed by atoms with Gasteiger partial charge in [-0.25, -0.2) is 0 Å². The molecule has 0 aromatic heterocycles. The van der Waals surface area contributed by atoms with Crippen LogP contribution in [-0.2, 0) is 4.79 Å². The first kappa shape index (κ1) is 10.2. The van der Waals surface area contributed by atoms with E-state index in [1.165, 1.54) is 0 Å². The number of aliphatic carboxylic acids is 1. The van der Waals surface area contributed by atoms with E-state index in [0.717, 1.165) is 11.1 Å². The summed E-state index contributed by atoms with van der Waals surface area (Å²) < 4.78 is 0. The largest absolute Gasteiger partial charge is 0.481 e. The first-order valence-corrected chi connectivity index (χ1v) is 5.12.